The minimum atomic E-state index is -1.13. The molecular weight excluding hydrogens is 364 g/mol. The summed E-state index contributed by atoms with van der Waals surface area (Å²) in [4.78, 5) is 47.9. The normalized spacial score (nSPS) is 14.5. The Kier molecular flexibility index (Phi) is 11.4. The maximum atomic E-state index is 12.5. The fourth-order valence-electron chi connectivity index (χ4n) is 2.63. The van der Waals surface area contributed by atoms with Crippen LogP contribution in [0.4, 0.5) is 0 Å². The number of carboxylic acid groups (broad SMARTS) is 1. The lowest BCUT2D eigenvalue weighted by Gasteiger charge is -2.24. The molecule has 0 aromatic carbocycles. The summed E-state index contributed by atoms with van der Waals surface area (Å²) < 4.78 is 0. The predicted molar refractivity (Wildman–Crippen MR) is 106 cm³/mol. The van der Waals surface area contributed by atoms with Crippen molar-refractivity contribution in [1.29, 1.82) is 0 Å². The minimum Gasteiger partial charge on any atom is -0.480 e. The summed E-state index contributed by atoms with van der Waals surface area (Å²) >= 11 is 0. The van der Waals surface area contributed by atoms with E-state index in [2.05, 4.69) is 16.0 Å². The van der Waals surface area contributed by atoms with Crippen LogP contribution in [0.25, 0.3) is 0 Å². The zero-order valence-corrected chi connectivity index (χ0v) is 17.7. The number of carboxylic acids is 1. The first-order chi connectivity index (χ1) is 12.8. The molecule has 0 radical (unpaired) electrons. The summed E-state index contributed by atoms with van der Waals surface area (Å²) in [5.74, 6) is -2.64. The van der Waals surface area contributed by atoms with E-state index in [-0.39, 0.29) is 24.3 Å². The maximum absolute atomic E-state index is 12.5. The van der Waals surface area contributed by atoms with Crippen molar-refractivity contribution in [3.63, 3.8) is 0 Å². The summed E-state index contributed by atoms with van der Waals surface area (Å²) in [5.41, 5.74) is 5.77. The lowest BCUT2D eigenvalue weighted by Crippen LogP contribution is -2.55. The lowest BCUT2D eigenvalue weighted by atomic mass is 10.0. The van der Waals surface area contributed by atoms with Crippen molar-refractivity contribution in [1.82, 2.24) is 16.0 Å². The average Bonchev–Trinajstić information content (AvgIpc) is 2.54. The minimum absolute atomic E-state index is 0.0902. The second kappa shape index (κ2) is 12.3. The Morgan fingerprint density at radius 3 is 1.82 bits per heavy atom. The largest absolute Gasteiger partial charge is 0.480 e. The molecular formula is C19H36N4O5. The first-order valence-electron chi connectivity index (χ1n) is 9.70. The second-order valence-electron chi connectivity index (χ2n) is 8.27. The number of carbonyl (C=O) groups is 4. The third-order valence-electron chi connectivity index (χ3n) is 4.07. The van der Waals surface area contributed by atoms with E-state index in [0.717, 1.165) is 0 Å². The zero-order chi connectivity index (χ0) is 22.0. The summed E-state index contributed by atoms with van der Waals surface area (Å²) in [6, 6.07) is -2.65. The van der Waals surface area contributed by atoms with Crippen LogP contribution in [0.3, 0.4) is 0 Å². The highest BCUT2D eigenvalue weighted by Crippen LogP contribution is 2.08. The number of hydrogen-bond acceptors (Lipinski definition) is 5. The summed E-state index contributed by atoms with van der Waals surface area (Å²) in [6.07, 6.45) is 0.834. The molecule has 0 aromatic heterocycles. The van der Waals surface area contributed by atoms with Crippen molar-refractivity contribution < 1.29 is 24.3 Å². The number of amides is 3. The van der Waals surface area contributed by atoms with Crippen LogP contribution < -0.4 is 21.7 Å². The second-order valence-corrected chi connectivity index (χ2v) is 8.27. The summed E-state index contributed by atoms with van der Waals surface area (Å²) in [5, 5.41) is 16.7. The van der Waals surface area contributed by atoms with Crippen molar-refractivity contribution in [3.8, 4) is 0 Å². The molecule has 9 heteroatoms. The first kappa shape index (κ1) is 25.8. The molecule has 0 fully saturated rings. The Bertz CT molecular complexity index is 548. The molecule has 28 heavy (non-hydrogen) atoms. The third kappa shape index (κ3) is 10.2. The molecule has 0 aliphatic carbocycles. The van der Waals surface area contributed by atoms with Crippen molar-refractivity contribution in [3.05, 3.63) is 0 Å². The molecule has 0 spiro atoms. The number of nitrogens with one attached hydrogen (secondary N) is 3. The summed E-state index contributed by atoms with van der Waals surface area (Å²) in [6.45, 7) is 10.7. The predicted octanol–water partition coefficient (Wildman–Crippen LogP) is 0.232. The molecule has 0 saturated heterocycles. The van der Waals surface area contributed by atoms with Gasteiger partial charge >= 0.3 is 5.97 Å². The quantitative estimate of drug-likeness (QED) is 0.316. The number of hydrogen-bond donors (Lipinski definition) is 5. The smallest absolute Gasteiger partial charge is 0.326 e. The van der Waals surface area contributed by atoms with Gasteiger partial charge in [0.15, 0.2) is 0 Å². The standard InChI is InChI=1S/C19H36N4O5/c1-10(2)7-13(20)17(25)21-9-15(24)22-14(8-11(3)4)18(26)23-16(12(5)6)19(27)28/h10-14,16H,7-9,20H2,1-6H3,(H,21,25)(H,22,24)(H,23,26)(H,27,28). The monoisotopic (exact) mass is 400 g/mol. The highest BCUT2D eigenvalue weighted by molar-refractivity contribution is 5.92. The highest BCUT2D eigenvalue weighted by Gasteiger charge is 2.29. The molecule has 0 aromatic rings. The van der Waals surface area contributed by atoms with Crippen LogP contribution in [-0.4, -0.2) is 53.5 Å². The van der Waals surface area contributed by atoms with Gasteiger partial charge in [0.25, 0.3) is 0 Å². The Morgan fingerprint density at radius 2 is 1.39 bits per heavy atom. The molecule has 0 rings (SSSR count). The molecule has 3 unspecified atom stereocenters. The van der Waals surface area contributed by atoms with Gasteiger partial charge in [-0.15, -0.1) is 0 Å². The molecule has 0 aliphatic heterocycles. The zero-order valence-electron chi connectivity index (χ0n) is 17.7. The van der Waals surface area contributed by atoms with Crippen LogP contribution >= 0.6 is 0 Å². The van der Waals surface area contributed by atoms with E-state index in [4.69, 9.17) is 5.73 Å². The molecule has 162 valence electrons. The topological polar surface area (TPSA) is 151 Å². The van der Waals surface area contributed by atoms with Crippen LogP contribution in [0.1, 0.15) is 54.4 Å². The van der Waals surface area contributed by atoms with Gasteiger partial charge in [0.2, 0.25) is 17.7 Å². The van der Waals surface area contributed by atoms with Crippen LogP contribution in [0.5, 0.6) is 0 Å². The molecule has 3 atom stereocenters. The number of rotatable bonds is 12. The molecule has 0 heterocycles. The van der Waals surface area contributed by atoms with E-state index < -0.39 is 41.8 Å². The van der Waals surface area contributed by atoms with Crippen LogP contribution in [0, 0.1) is 17.8 Å². The van der Waals surface area contributed by atoms with Crippen molar-refractivity contribution >= 4 is 23.7 Å². The van der Waals surface area contributed by atoms with Crippen LogP contribution in [0.2, 0.25) is 0 Å². The molecule has 0 saturated carbocycles. The number of nitrogens with two attached hydrogens (primary N) is 1. The lowest BCUT2D eigenvalue weighted by molar-refractivity contribution is -0.143. The van der Waals surface area contributed by atoms with E-state index in [0.29, 0.717) is 12.8 Å². The first-order valence-corrected chi connectivity index (χ1v) is 9.70. The van der Waals surface area contributed by atoms with Crippen LogP contribution in [0.15, 0.2) is 0 Å². The molecule has 0 aliphatic rings. The SMILES string of the molecule is CC(C)CC(N)C(=O)NCC(=O)NC(CC(C)C)C(=O)NC(C(=O)O)C(C)C. The molecule has 3 amide bonds. The Morgan fingerprint density at radius 1 is 0.857 bits per heavy atom. The van der Waals surface area contributed by atoms with Gasteiger partial charge in [0.05, 0.1) is 12.6 Å². The molecule has 9 nitrogen and oxygen atoms in total. The van der Waals surface area contributed by atoms with E-state index >= 15 is 0 Å². The summed E-state index contributed by atoms with van der Waals surface area (Å²) in [7, 11) is 0. The number of aliphatic carboxylic acids is 1. The van der Waals surface area contributed by atoms with Crippen molar-refractivity contribution in [2.24, 2.45) is 23.5 Å². The van der Waals surface area contributed by atoms with Gasteiger partial charge < -0.3 is 26.8 Å². The maximum Gasteiger partial charge on any atom is 0.326 e. The van der Waals surface area contributed by atoms with Crippen molar-refractivity contribution in [2.45, 2.75) is 72.5 Å². The fourth-order valence-corrected chi connectivity index (χ4v) is 2.63. The average molecular weight is 401 g/mol. The van der Waals surface area contributed by atoms with Gasteiger partial charge in [-0.3, -0.25) is 14.4 Å². The fraction of sp³-hybridized carbons (Fsp3) is 0.789. The van der Waals surface area contributed by atoms with Crippen LogP contribution in [-0.2, 0) is 19.2 Å². The Labute approximate surface area is 167 Å². The van der Waals surface area contributed by atoms with Gasteiger partial charge in [-0.2, -0.15) is 0 Å². The number of carbonyl (C=O) groups excluding carboxylic acids is 3. The van der Waals surface area contributed by atoms with Gasteiger partial charge in [-0.25, -0.2) is 4.79 Å². The van der Waals surface area contributed by atoms with Gasteiger partial charge in [-0.05, 0) is 30.6 Å². The van der Waals surface area contributed by atoms with Crippen molar-refractivity contribution in [2.75, 3.05) is 6.54 Å². The Hall–Kier alpha value is -2.16. The van der Waals surface area contributed by atoms with Gasteiger partial charge in [-0.1, -0.05) is 41.5 Å². The Balaban J connectivity index is 4.86. The van der Waals surface area contributed by atoms with E-state index in [9.17, 15) is 24.3 Å². The molecule has 6 N–H and O–H groups in total. The van der Waals surface area contributed by atoms with E-state index in [1.807, 2.05) is 27.7 Å². The highest BCUT2D eigenvalue weighted by atomic mass is 16.4. The van der Waals surface area contributed by atoms with E-state index in [1.165, 1.54) is 0 Å². The third-order valence-corrected chi connectivity index (χ3v) is 4.07. The van der Waals surface area contributed by atoms with E-state index in [1.54, 1.807) is 13.8 Å². The molecule has 0 bridgehead atoms. The van der Waals surface area contributed by atoms with Gasteiger partial charge in [0.1, 0.15) is 12.1 Å². The van der Waals surface area contributed by atoms with Gasteiger partial charge in [0, 0.05) is 0 Å².